The van der Waals surface area contributed by atoms with E-state index in [1.807, 2.05) is 6.07 Å². The van der Waals surface area contributed by atoms with Gasteiger partial charge in [0, 0.05) is 35.6 Å². The molecule has 4 rings (SSSR count). The largest absolute Gasteiger partial charge is 0.478 e. The smallest absolute Gasteiger partial charge is 0.336 e. The molecule has 4 aromatic rings. The number of H-pyrrole nitrogens is 1. The average Bonchev–Trinajstić information content (AvgIpc) is 3.19. The molecule has 0 unspecified atom stereocenters. The maximum atomic E-state index is 11.9. The lowest BCUT2D eigenvalue weighted by Gasteiger charge is -2.09. The van der Waals surface area contributed by atoms with Gasteiger partial charge in [0.2, 0.25) is 10.0 Å². The summed E-state index contributed by atoms with van der Waals surface area (Å²) in [6.45, 7) is 0.419. The number of aromatic amines is 1. The van der Waals surface area contributed by atoms with E-state index >= 15 is 0 Å². The molecule has 5 N–H and O–H groups in total. The van der Waals surface area contributed by atoms with Crippen LogP contribution in [0.1, 0.15) is 16.7 Å². The first kappa shape index (κ1) is 21.3. The highest BCUT2D eigenvalue weighted by Crippen LogP contribution is 2.29. The number of nitrogens with one attached hydrogen (secondary N) is 2. The molecule has 0 saturated carbocycles. The number of carbonyl (C=O) groups is 1. The van der Waals surface area contributed by atoms with Gasteiger partial charge in [0.05, 0.1) is 10.5 Å². The van der Waals surface area contributed by atoms with Crippen LogP contribution in [0, 0.1) is 0 Å². The summed E-state index contributed by atoms with van der Waals surface area (Å²) in [7, 11) is -3.74. The van der Waals surface area contributed by atoms with Crippen LogP contribution in [0.25, 0.3) is 22.7 Å². The van der Waals surface area contributed by atoms with Crippen molar-refractivity contribution < 1.29 is 18.3 Å². The molecule has 0 spiro atoms. The number of nitrogens with zero attached hydrogens (tertiary/aromatic N) is 1. The lowest BCUT2D eigenvalue weighted by molar-refractivity contribution is -0.130. The molecule has 0 aliphatic heterocycles. The van der Waals surface area contributed by atoms with Crippen LogP contribution in [0.2, 0.25) is 0 Å². The number of pyridine rings is 1. The molecule has 2 aromatic heterocycles. The third-order valence-electron chi connectivity index (χ3n) is 4.95. The molecule has 2 heterocycles. The Morgan fingerprint density at radius 3 is 2.47 bits per heavy atom. The Morgan fingerprint density at radius 1 is 1.09 bits per heavy atom. The van der Waals surface area contributed by atoms with Crippen LogP contribution >= 0.6 is 0 Å². The quantitative estimate of drug-likeness (QED) is 0.320. The first-order valence-electron chi connectivity index (χ1n) is 9.65. The second-order valence-corrected chi connectivity index (χ2v) is 8.66. The minimum Gasteiger partial charge on any atom is -0.478 e. The van der Waals surface area contributed by atoms with Crippen molar-refractivity contribution >= 4 is 44.4 Å². The molecule has 32 heavy (non-hydrogen) atoms. The number of hydrogen-bond acceptors (Lipinski definition) is 5. The number of sulfonamides is 1. The maximum absolute atomic E-state index is 11.9. The number of anilines is 1. The van der Waals surface area contributed by atoms with Crippen molar-refractivity contribution in [3.05, 3.63) is 89.7 Å². The van der Waals surface area contributed by atoms with Gasteiger partial charge in [0.15, 0.2) is 0 Å². The van der Waals surface area contributed by atoms with Crippen molar-refractivity contribution in [2.75, 3.05) is 5.32 Å². The third kappa shape index (κ3) is 4.53. The monoisotopic (exact) mass is 448 g/mol. The highest BCUT2D eigenvalue weighted by molar-refractivity contribution is 7.89. The Hall–Kier alpha value is -3.95. The first-order chi connectivity index (χ1) is 15.3. The molecule has 0 aliphatic carbocycles. The summed E-state index contributed by atoms with van der Waals surface area (Å²) in [5.41, 5.74) is 3.67. The molecule has 0 aliphatic rings. The van der Waals surface area contributed by atoms with Gasteiger partial charge in [-0.3, -0.25) is 0 Å². The second kappa shape index (κ2) is 8.66. The lowest BCUT2D eigenvalue weighted by atomic mass is 10.0. The highest BCUT2D eigenvalue weighted by atomic mass is 32.2. The number of hydrogen-bond donors (Lipinski definition) is 4. The van der Waals surface area contributed by atoms with E-state index in [0.717, 1.165) is 16.6 Å². The third-order valence-corrected chi connectivity index (χ3v) is 5.88. The van der Waals surface area contributed by atoms with Gasteiger partial charge in [0.25, 0.3) is 0 Å². The molecule has 0 amide bonds. The predicted molar refractivity (Wildman–Crippen MR) is 123 cm³/mol. The van der Waals surface area contributed by atoms with Gasteiger partial charge < -0.3 is 15.4 Å². The Labute approximate surface area is 184 Å². The first-order valence-corrected chi connectivity index (χ1v) is 11.2. The van der Waals surface area contributed by atoms with E-state index in [1.165, 1.54) is 12.1 Å². The zero-order valence-corrected chi connectivity index (χ0v) is 17.6. The van der Waals surface area contributed by atoms with E-state index < -0.39 is 16.0 Å². The average molecular weight is 449 g/mol. The lowest BCUT2D eigenvalue weighted by Crippen LogP contribution is -2.12. The fraction of sp³-hybridized carbons (Fsp3) is 0.0435. The Bertz CT molecular complexity index is 1410. The maximum Gasteiger partial charge on any atom is 0.336 e. The molecule has 0 atom stereocenters. The minimum atomic E-state index is -3.74. The molecule has 162 valence electrons. The van der Waals surface area contributed by atoms with Crippen LogP contribution < -0.4 is 10.5 Å². The predicted octanol–water partition coefficient (Wildman–Crippen LogP) is 3.45. The second-order valence-electron chi connectivity index (χ2n) is 7.10. The number of nitrogens with two attached hydrogens (primary N) is 1. The van der Waals surface area contributed by atoms with Crippen LogP contribution in [0.3, 0.4) is 0 Å². The number of carboxylic acids is 1. The van der Waals surface area contributed by atoms with Crippen molar-refractivity contribution in [3.8, 4) is 0 Å². The highest BCUT2D eigenvalue weighted by Gasteiger charge is 2.14. The van der Waals surface area contributed by atoms with Gasteiger partial charge >= 0.3 is 5.97 Å². The normalized spacial score (nSPS) is 12.1. The SMILES string of the molecule is NS(=O)(=O)c1ccc(CNc2ccnc3[nH]cc(C=C(C(=O)O)c4ccccc4)c23)cc1. The summed E-state index contributed by atoms with van der Waals surface area (Å²) in [5.74, 6) is -1.03. The van der Waals surface area contributed by atoms with Crippen molar-refractivity contribution in [2.24, 2.45) is 5.14 Å². The van der Waals surface area contributed by atoms with E-state index in [0.29, 0.717) is 23.3 Å². The number of benzene rings is 2. The Balaban J connectivity index is 1.67. The number of fused-ring (bicyclic) bond motifs is 1. The summed E-state index contributed by atoms with van der Waals surface area (Å²) in [5, 5.41) is 18.9. The molecular weight excluding hydrogens is 428 g/mol. The van der Waals surface area contributed by atoms with E-state index in [2.05, 4.69) is 15.3 Å². The molecular formula is C23H20N4O4S. The van der Waals surface area contributed by atoms with E-state index in [4.69, 9.17) is 5.14 Å². The zero-order valence-electron chi connectivity index (χ0n) is 16.8. The van der Waals surface area contributed by atoms with E-state index in [1.54, 1.807) is 60.9 Å². The molecule has 0 radical (unpaired) electrons. The number of aliphatic carboxylic acids is 1. The molecule has 2 aromatic carbocycles. The van der Waals surface area contributed by atoms with Crippen LogP contribution in [0.4, 0.5) is 5.69 Å². The van der Waals surface area contributed by atoms with Crippen LogP contribution in [-0.2, 0) is 21.4 Å². The fourth-order valence-electron chi connectivity index (χ4n) is 3.38. The summed E-state index contributed by atoms with van der Waals surface area (Å²) in [6.07, 6.45) is 4.98. The number of primary sulfonamides is 1. The van der Waals surface area contributed by atoms with Crippen molar-refractivity contribution in [3.63, 3.8) is 0 Å². The van der Waals surface area contributed by atoms with Gasteiger partial charge in [-0.15, -0.1) is 0 Å². The minimum absolute atomic E-state index is 0.0488. The molecule has 0 bridgehead atoms. The van der Waals surface area contributed by atoms with Gasteiger partial charge in [-0.25, -0.2) is 23.3 Å². The summed E-state index contributed by atoms with van der Waals surface area (Å²) < 4.78 is 22.8. The molecule has 8 nitrogen and oxygen atoms in total. The van der Waals surface area contributed by atoms with Gasteiger partial charge in [-0.2, -0.15) is 0 Å². The summed E-state index contributed by atoms with van der Waals surface area (Å²) >= 11 is 0. The number of aromatic nitrogens is 2. The molecule has 9 heteroatoms. The van der Waals surface area contributed by atoms with Crippen LogP contribution in [-0.4, -0.2) is 29.5 Å². The Morgan fingerprint density at radius 2 is 1.81 bits per heavy atom. The van der Waals surface area contributed by atoms with E-state index in [-0.39, 0.29) is 10.5 Å². The summed E-state index contributed by atoms with van der Waals surface area (Å²) in [6, 6.07) is 17.0. The van der Waals surface area contributed by atoms with Crippen molar-refractivity contribution in [2.45, 2.75) is 11.4 Å². The van der Waals surface area contributed by atoms with Crippen molar-refractivity contribution in [1.82, 2.24) is 9.97 Å². The van der Waals surface area contributed by atoms with Crippen LogP contribution in [0.15, 0.2) is 78.0 Å². The zero-order chi connectivity index (χ0) is 22.7. The van der Waals surface area contributed by atoms with Gasteiger partial charge in [-0.05, 0) is 35.4 Å². The molecule has 0 saturated heterocycles. The van der Waals surface area contributed by atoms with Gasteiger partial charge in [-0.1, -0.05) is 42.5 Å². The fourth-order valence-corrected chi connectivity index (χ4v) is 3.89. The number of carboxylic acid groups (broad SMARTS) is 1. The topological polar surface area (TPSA) is 138 Å². The van der Waals surface area contributed by atoms with E-state index in [9.17, 15) is 18.3 Å². The summed E-state index contributed by atoms with van der Waals surface area (Å²) in [4.78, 5) is 19.3. The standard InChI is InChI=1S/C23H20N4O4S/c24-32(30,31)18-8-6-15(7-9-18)13-26-20-10-11-25-22-21(20)17(14-27-22)12-19(23(28)29)16-4-2-1-3-5-16/h1-12,14H,13H2,(H,28,29)(H2,24,30,31)(H2,25,26,27). The van der Waals surface area contributed by atoms with Crippen LogP contribution in [0.5, 0.6) is 0 Å². The molecule has 0 fully saturated rings. The van der Waals surface area contributed by atoms with Crippen molar-refractivity contribution in [1.29, 1.82) is 0 Å². The Kier molecular flexibility index (Phi) is 5.76. The number of rotatable bonds is 7. The van der Waals surface area contributed by atoms with Gasteiger partial charge in [0.1, 0.15) is 5.65 Å².